The summed E-state index contributed by atoms with van der Waals surface area (Å²) in [5, 5.41) is 9.55. The summed E-state index contributed by atoms with van der Waals surface area (Å²) in [6.07, 6.45) is 10.7. The predicted octanol–water partition coefficient (Wildman–Crippen LogP) is 3.44. The van der Waals surface area contributed by atoms with Crippen LogP contribution in [0.2, 0.25) is 0 Å². The van der Waals surface area contributed by atoms with Crippen molar-refractivity contribution < 1.29 is 52.5 Å². The van der Waals surface area contributed by atoms with Gasteiger partial charge in [-0.15, -0.1) is 10.2 Å². The van der Waals surface area contributed by atoms with Crippen molar-refractivity contribution in [1.82, 2.24) is 69.1 Å². The van der Waals surface area contributed by atoms with Crippen molar-refractivity contribution in [2.24, 2.45) is 9.98 Å². The molecule has 2 N–H and O–H groups in total. The van der Waals surface area contributed by atoms with Crippen molar-refractivity contribution in [3.05, 3.63) is 132 Å². The molecule has 83 heavy (non-hydrogen) atoms. The van der Waals surface area contributed by atoms with E-state index >= 15 is 0 Å². The van der Waals surface area contributed by atoms with Gasteiger partial charge in [0.05, 0.1) is 66.1 Å². The van der Waals surface area contributed by atoms with E-state index in [1.807, 2.05) is 43.3 Å². The van der Waals surface area contributed by atoms with Gasteiger partial charge in [-0.05, 0) is 31.2 Å². The van der Waals surface area contributed by atoms with Crippen LogP contribution in [0.5, 0.6) is 11.5 Å². The number of hydrogen-bond acceptors (Lipinski definition) is 19. The Labute approximate surface area is 474 Å². The van der Waals surface area contributed by atoms with E-state index < -0.39 is 23.4 Å². The van der Waals surface area contributed by atoms with Gasteiger partial charge in [0, 0.05) is 103 Å². The van der Waals surface area contributed by atoms with Crippen LogP contribution in [0.25, 0.3) is 33.4 Å². The summed E-state index contributed by atoms with van der Waals surface area (Å²) >= 11 is 0. The van der Waals surface area contributed by atoms with E-state index in [9.17, 15) is 28.8 Å². The summed E-state index contributed by atoms with van der Waals surface area (Å²) in [4.78, 5) is 117. The van der Waals surface area contributed by atoms with E-state index in [1.54, 1.807) is 61.6 Å². The number of pyridine rings is 2. The lowest BCUT2D eigenvalue weighted by Crippen LogP contribution is -2.56. The lowest BCUT2D eigenvalue weighted by atomic mass is 10.1. The van der Waals surface area contributed by atoms with Crippen LogP contribution < -0.4 is 9.47 Å². The Morgan fingerprint density at radius 3 is 1.49 bits per heavy atom. The molecule has 27 heteroatoms. The zero-order valence-electron chi connectivity index (χ0n) is 46.4. The van der Waals surface area contributed by atoms with Gasteiger partial charge in [-0.25, -0.2) is 34.3 Å². The number of carbonyl (C=O) groups is 6. The molecular weight excluding hydrogens is 1070 g/mol. The number of benzene rings is 2. The van der Waals surface area contributed by atoms with Crippen LogP contribution in [0.4, 0.5) is 0 Å². The quantitative estimate of drug-likeness (QED) is 0.103. The maximum absolute atomic E-state index is 13.4. The number of fused-ring (bicyclic) bond motifs is 2. The Morgan fingerprint density at radius 2 is 1.04 bits per heavy atom. The number of aromatic amines is 2. The Kier molecular flexibility index (Phi) is 18.5. The first-order valence-corrected chi connectivity index (χ1v) is 26.2. The van der Waals surface area contributed by atoms with Gasteiger partial charge < -0.3 is 53.3 Å². The molecule has 2 aromatic carbocycles. The minimum atomic E-state index is -0.680. The van der Waals surface area contributed by atoms with E-state index in [0.717, 1.165) is 12.4 Å². The van der Waals surface area contributed by atoms with Crippen LogP contribution in [0.15, 0.2) is 108 Å². The summed E-state index contributed by atoms with van der Waals surface area (Å²) < 4.78 is 28.8. The molecule has 0 spiro atoms. The van der Waals surface area contributed by atoms with Crippen LogP contribution >= 0.6 is 0 Å². The molecule has 2 saturated heterocycles. The zero-order chi connectivity index (χ0) is 58.6. The maximum atomic E-state index is 13.4. The van der Waals surface area contributed by atoms with Gasteiger partial charge >= 0.3 is 0 Å². The lowest BCUT2D eigenvalue weighted by molar-refractivity contribution is -0.129. The highest BCUT2D eigenvalue weighted by Gasteiger charge is 2.35. The van der Waals surface area contributed by atoms with Crippen LogP contribution in [0.3, 0.4) is 0 Å². The fourth-order valence-electron chi connectivity index (χ4n) is 9.54. The van der Waals surface area contributed by atoms with E-state index in [2.05, 4.69) is 50.1 Å². The molecule has 27 nitrogen and oxygen atoms in total. The average Bonchev–Trinajstić information content (AvgIpc) is 4.59. The average molecular weight is 1130 g/mol. The van der Waals surface area contributed by atoms with E-state index in [0.29, 0.717) is 94.0 Å². The van der Waals surface area contributed by atoms with Crippen LogP contribution in [-0.2, 0) is 37.0 Å². The number of ether oxygens (including phenoxy) is 5. The highest BCUT2D eigenvalue weighted by atomic mass is 16.5. The zero-order valence-corrected chi connectivity index (χ0v) is 46.4. The molecular formula is C56H60N16O11. The first-order valence-electron chi connectivity index (χ1n) is 26.2. The van der Waals surface area contributed by atoms with Gasteiger partial charge in [0.2, 0.25) is 0 Å². The standard InChI is InChI=1S/C26H27N7O5.C25H25N7O5.C5H8N2O/c1-16-13-31(9-10-32(16)25(35)17-7-5-4-6-8-17)26(36)23(34)18-11-27-22-21(18)19(38-3)12-28-24(22)33-15-29-20(30-33)14-37-2;1-36-14-19-28-15-32(29-19)23-21-20(18(37-2)13-27-23)17(12-26-21)22(33)25(35)31-10-8-30(9-11-31)24(34)16-6-4-3-5-7-16;1-8-4-5-6-2-3-7-5/h4-8,11-12,15-16,27H,9-10,13-14H2,1-3H3;3-7,12-13,15,26H,8-11,14H2,1-2H3;2H,3-4H2,1H3/t16-;;/m1../s1. The molecule has 1 atom stereocenters. The fraction of sp³-hybridized carbons (Fsp3) is 0.321. The molecule has 0 bridgehead atoms. The highest BCUT2D eigenvalue weighted by molar-refractivity contribution is 6.46. The van der Waals surface area contributed by atoms with Gasteiger partial charge in [-0.3, -0.25) is 33.8 Å². The molecule has 3 aliphatic rings. The lowest BCUT2D eigenvalue weighted by Gasteiger charge is -2.39. The van der Waals surface area contributed by atoms with Crippen molar-refractivity contribution in [3.8, 4) is 23.1 Å². The minimum absolute atomic E-state index is 0.0952. The SMILES string of the molecule is COCC1=NCC=N1.COCc1ncn(-c2ncc(OC)c3c(C(=O)C(=O)N4CCN(C(=O)c5ccccc5)CC4)c[nH]c23)n1.COCc1ncn(-c2ncc(OC)c3c(C(=O)C(=O)N4CCN(C(=O)c5ccccc5)[C@H](C)C4)c[nH]c23)n1. The monoisotopic (exact) mass is 1130 g/mol. The third-order valence-electron chi connectivity index (χ3n) is 13.6. The second-order valence-corrected chi connectivity index (χ2v) is 18.9. The smallest absolute Gasteiger partial charge is 0.295 e. The third-order valence-corrected chi connectivity index (χ3v) is 13.6. The van der Waals surface area contributed by atoms with Crippen LogP contribution in [0.1, 0.15) is 60.0 Å². The van der Waals surface area contributed by atoms with Gasteiger partial charge in [0.15, 0.2) is 23.3 Å². The molecule has 3 aliphatic heterocycles. The van der Waals surface area contributed by atoms with E-state index in [4.69, 9.17) is 23.7 Å². The molecule has 0 unspecified atom stereocenters. The molecule has 8 aromatic rings. The number of aromatic nitrogens is 10. The summed E-state index contributed by atoms with van der Waals surface area (Å²) in [5.74, 6) is 0.361. The molecule has 0 saturated carbocycles. The van der Waals surface area contributed by atoms with E-state index in [1.165, 1.54) is 70.8 Å². The van der Waals surface area contributed by atoms with Crippen molar-refractivity contribution in [2.45, 2.75) is 26.2 Å². The molecule has 11 rings (SSSR count). The number of amides is 4. The number of piperazine rings is 2. The van der Waals surface area contributed by atoms with Crippen LogP contribution in [-0.4, -0.2) is 217 Å². The number of Topliss-reactive ketones (excluding diaryl/α,β-unsaturated/α-hetero) is 2. The molecule has 430 valence electrons. The molecule has 0 radical (unpaired) electrons. The number of ketones is 2. The second-order valence-electron chi connectivity index (χ2n) is 18.9. The number of aliphatic imine (C=N–C) groups is 2. The van der Waals surface area contributed by atoms with Crippen molar-refractivity contribution in [2.75, 3.05) is 94.5 Å². The minimum Gasteiger partial charge on any atom is -0.494 e. The predicted molar refractivity (Wildman–Crippen MR) is 300 cm³/mol. The number of rotatable bonds is 16. The maximum Gasteiger partial charge on any atom is 0.295 e. The normalized spacial score (nSPS) is 14.9. The van der Waals surface area contributed by atoms with Crippen molar-refractivity contribution in [3.63, 3.8) is 0 Å². The second kappa shape index (κ2) is 26.6. The summed E-state index contributed by atoms with van der Waals surface area (Å²) in [6, 6.07) is 17.7. The van der Waals surface area contributed by atoms with Crippen molar-refractivity contribution >= 4 is 69.1 Å². The van der Waals surface area contributed by atoms with Gasteiger partial charge in [-0.2, -0.15) is 0 Å². The first-order chi connectivity index (χ1) is 40.4. The molecule has 9 heterocycles. The molecule has 2 fully saturated rings. The number of amidine groups is 1. The summed E-state index contributed by atoms with van der Waals surface area (Å²) in [5.41, 5.74) is 2.46. The number of nitrogens with zero attached hydrogens (tertiary/aromatic N) is 14. The fourth-order valence-corrected chi connectivity index (χ4v) is 9.54. The number of nitrogens with one attached hydrogen (secondary N) is 2. The number of H-pyrrole nitrogens is 2. The Balaban J connectivity index is 0.000000176. The largest absolute Gasteiger partial charge is 0.494 e. The molecule has 4 amide bonds. The topological polar surface area (TPSA) is 305 Å². The Morgan fingerprint density at radius 1 is 0.566 bits per heavy atom. The third kappa shape index (κ3) is 12.7. The van der Waals surface area contributed by atoms with Crippen LogP contribution in [0, 0.1) is 0 Å². The van der Waals surface area contributed by atoms with Gasteiger partial charge in [0.25, 0.3) is 35.2 Å². The van der Waals surface area contributed by atoms with Crippen molar-refractivity contribution in [1.29, 1.82) is 0 Å². The first kappa shape index (κ1) is 57.8. The Hall–Kier alpha value is -9.86. The van der Waals surface area contributed by atoms with Gasteiger partial charge in [-0.1, -0.05) is 36.4 Å². The number of hydrogen-bond donors (Lipinski definition) is 2. The number of carbonyl (C=O) groups excluding carboxylic acids is 6. The highest BCUT2D eigenvalue weighted by Crippen LogP contribution is 2.34. The summed E-state index contributed by atoms with van der Waals surface area (Å²) in [7, 11) is 7.66. The van der Waals surface area contributed by atoms with E-state index in [-0.39, 0.29) is 68.4 Å². The number of methoxy groups -OCH3 is 5. The van der Waals surface area contributed by atoms with Gasteiger partial charge in [0.1, 0.15) is 49.8 Å². The molecule has 6 aromatic heterocycles. The summed E-state index contributed by atoms with van der Waals surface area (Å²) in [6.45, 7) is 5.63. The molecule has 0 aliphatic carbocycles. The Bertz CT molecular complexity index is 3700.